The number of imidazole rings is 1. The van der Waals surface area contributed by atoms with Crippen LogP contribution in [0.5, 0.6) is 0 Å². The molecule has 84 valence electrons. The molecule has 0 atom stereocenters. The highest BCUT2D eigenvalue weighted by Gasteiger charge is 2.09. The predicted molar refractivity (Wildman–Crippen MR) is 64.0 cm³/mol. The fraction of sp³-hybridized carbons (Fsp3) is 0.0769. The Hall–Kier alpha value is -2.23. The number of H-pyrrole nitrogens is 1. The topological polar surface area (TPSA) is 41.6 Å². The largest absolute Gasteiger partial charge is 0.337 e. The van der Waals surface area contributed by atoms with Crippen LogP contribution in [-0.4, -0.2) is 15.0 Å². The first kappa shape index (κ1) is 9.96. The van der Waals surface area contributed by atoms with Crippen LogP contribution in [0.15, 0.2) is 36.7 Å². The number of benzene rings is 1. The van der Waals surface area contributed by atoms with Crippen LogP contribution >= 0.6 is 0 Å². The van der Waals surface area contributed by atoms with Gasteiger partial charge in [-0.1, -0.05) is 11.6 Å². The summed E-state index contributed by atoms with van der Waals surface area (Å²) < 4.78 is 13.7. The number of rotatable bonds is 1. The molecule has 0 saturated carbocycles. The number of aryl methyl sites for hydroxylation is 1. The number of fused-ring (bicyclic) bond motifs is 1. The van der Waals surface area contributed by atoms with E-state index in [1.807, 2.05) is 6.92 Å². The lowest BCUT2D eigenvalue weighted by Gasteiger charge is -2.00. The molecule has 0 unspecified atom stereocenters. The third kappa shape index (κ3) is 1.67. The molecular weight excluding hydrogens is 217 g/mol. The van der Waals surface area contributed by atoms with Crippen LogP contribution in [0.4, 0.5) is 4.39 Å². The minimum atomic E-state index is -0.275. The molecule has 1 N–H and O–H groups in total. The maximum atomic E-state index is 13.7. The second-order valence-corrected chi connectivity index (χ2v) is 3.96. The normalized spacial score (nSPS) is 10.9. The third-order valence-electron chi connectivity index (χ3n) is 2.66. The summed E-state index contributed by atoms with van der Waals surface area (Å²) in [4.78, 5) is 11.4. The molecule has 3 rings (SSSR count). The van der Waals surface area contributed by atoms with Crippen molar-refractivity contribution in [3.05, 3.63) is 48.0 Å². The van der Waals surface area contributed by atoms with Crippen molar-refractivity contribution in [2.24, 2.45) is 0 Å². The van der Waals surface area contributed by atoms with E-state index in [1.54, 1.807) is 30.6 Å². The first-order valence-corrected chi connectivity index (χ1v) is 5.30. The smallest absolute Gasteiger partial charge is 0.141 e. The number of nitrogens with one attached hydrogen (secondary N) is 1. The molecule has 0 aliphatic carbocycles. The van der Waals surface area contributed by atoms with Crippen LogP contribution < -0.4 is 0 Å². The summed E-state index contributed by atoms with van der Waals surface area (Å²) in [7, 11) is 0. The van der Waals surface area contributed by atoms with E-state index in [1.165, 1.54) is 6.07 Å². The lowest BCUT2D eigenvalue weighted by Crippen LogP contribution is -1.87. The van der Waals surface area contributed by atoms with E-state index in [4.69, 9.17) is 0 Å². The van der Waals surface area contributed by atoms with Gasteiger partial charge in [-0.3, -0.25) is 4.98 Å². The maximum Gasteiger partial charge on any atom is 0.141 e. The van der Waals surface area contributed by atoms with Gasteiger partial charge in [0.05, 0.1) is 22.8 Å². The molecule has 3 aromatic rings. The lowest BCUT2D eigenvalue weighted by atomic mass is 10.1. The van der Waals surface area contributed by atoms with Crippen molar-refractivity contribution in [1.82, 2.24) is 15.0 Å². The first-order valence-electron chi connectivity index (χ1n) is 5.30. The van der Waals surface area contributed by atoms with Crippen molar-refractivity contribution in [1.29, 1.82) is 0 Å². The summed E-state index contributed by atoms with van der Waals surface area (Å²) in [5, 5.41) is 0. The van der Waals surface area contributed by atoms with Crippen LogP contribution in [0.3, 0.4) is 0 Å². The maximum absolute atomic E-state index is 13.7. The fourth-order valence-corrected chi connectivity index (χ4v) is 1.81. The average Bonchev–Trinajstić information content (AvgIpc) is 2.75. The monoisotopic (exact) mass is 227 g/mol. The minimum absolute atomic E-state index is 0.275. The van der Waals surface area contributed by atoms with Crippen LogP contribution in [-0.2, 0) is 0 Å². The second-order valence-electron chi connectivity index (χ2n) is 3.96. The Labute approximate surface area is 97.3 Å². The predicted octanol–water partition coefficient (Wildman–Crippen LogP) is 3.07. The lowest BCUT2D eigenvalue weighted by molar-refractivity contribution is 0.630. The molecular formula is C13H10FN3. The Balaban J connectivity index is 2.23. The number of halogens is 1. The van der Waals surface area contributed by atoms with Gasteiger partial charge in [0.15, 0.2) is 0 Å². The second kappa shape index (κ2) is 3.66. The number of aromatic nitrogens is 3. The summed E-state index contributed by atoms with van der Waals surface area (Å²) in [5.41, 5.74) is 3.08. The molecule has 0 amide bonds. The molecule has 17 heavy (non-hydrogen) atoms. The zero-order valence-corrected chi connectivity index (χ0v) is 9.24. The summed E-state index contributed by atoms with van der Waals surface area (Å²) in [6.45, 7) is 1.92. The van der Waals surface area contributed by atoms with Gasteiger partial charge in [0.25, 0.3) is 0 Å². The average molecular weight is 227 g/mol. The van der Waals surface area contributed by atoms with Gasteiger partial charge in [0, 0.05) is 6.20 Å². The van der Waals surface area contributed by atoms with Gasteiger partial charge in [-0.2, -0.15) is 0 Å². The van der Waals surface area contributed by atoms with Crippen molar-refractivity contribution in [3.63, 3.8) is 0 Å². The molecule has 3 nitrogen and oxygen atoms in total. The first-order chi connectivity index (χ1) is 8.24. The van der Waals surface area contributed by atoms with Crippen molar-refractivity contribution < 1.29 is 4.39 Å². The van der Waals surface area contributed by atoms with E-state index < -0.39 is 0 Å². The summed E-state index contributed by atoms with van der Waals surface area (Å²) >= 11 is 0. The quantitative estimate of drug-likeness (QED) is 0.694. The molecule has 0 bridgehead atoms. The van der Waals surface area contributed by atoms with E-state index >= 15 is 0 Å². The highest BCUT2D eigenvalue weighted by atomic mass is 19.1. The SMILES string of the molecule is Cc1ccc(F)c(-c2nc3ccncc3[nH]2)c1. The molecule has 1 aromatic carbocycles. The van der Waals surface area contributed by atoms with E-state index in [-0.39, 0.29) is 5.82 Å². The molecule has 0 spiro atoms. The van der Waals surface area contributed by atoms with Gasteiger partial charge in [-0.25, -0.2) is 9.37 Å². The molecule has 2 heterocycles. The van der Waals surface area contributed by atoms with E-state index in [0.29, 0.717) is 11.4 Å². The summed E-state index contributed by atoms with van der Waals surface area (Å²) in [6.07, 6.45) is 3.35. The van der Waals surface area contributed by atoms with Gasteiger partial charge < -0.3 is 4.98 Å². The Morgan fingerprint density at radius 3 is 2.94 bits per heavy atom. The molecule has 0 radical (unpaired) electrons. The molecule has 0 saturated heterocycles. The van der Waals surface area contributed by atoms with Gasteiger partial charge in [-0.05, 0) is 25.1 Å². The van der Waals surface area contributed by atoms with Crippen LogP contribution in [0.1, 0.15) is 5.56 Å². The van der Waals surface area contributed by atoms with Crippen molar-refractivity contribution >= 4 is 11.0 Å². The number of pyridine rings is 1. The van der Waals surface area contributed by atoms with Crippen LogP contribution in [0.2, 0.25) is 0 Å². The highest BCUT2D eigenvalue weighted by Crippen LogP contribution is 2.23. The zero-order chi connectivity index (χ0) is 11.8. The van der Waals surface area contributed by atoms with E-state index in [0.717, 1.165) is 16.6 Å². The molecule has 0 aliphatic rings. The van der Waals surface area contributed by atoms with Gasteiger partial charge in [0.2, 0.25) is 0 Å². The summed E-state index contributed by atoms with van der Waals surface area (Å²) in [6, 6.07) is 6.77. The molecule has 4 heteroatoms. The molecule has 0 fully saturated rings. The van der Waals surface area contributed by atoms with Crippen LogP contribution in [0.25, 0.3) is 22.4 Å². The third-order valence-corrected chi connectivity index (χ3v) is 2.66. The minimum Gasteiger partial charge on any atom is -0.337 e. The number of aromatic amines is 1. The molecule has 2 aromatic heterocycles. The van der Waals surface area contributed by atoms with Crippen molar-refractivity contribution in [3.8, 4) is 11.4 Å². The Morgan fingerprint density at radius 2 is 2.12 bits per heavy atom. The summed E-state index contributed by atoms with van der Waals surface area (Å²) in [5.74, 6) is 0.261. The highest BCUT2D eigenvalue weighted by molar-refractivity contribution is 5.78. The number of hydrogen-bond donors (Lipinski definition) is 1. The Bertz CT molecular complexity index is 655. The Kier molecular flexibility index (Phi) is 2.14. The number of nitrogens with zero attached hydrogens (tertiary/aromatic N) is 2. The zero-order valence-electron chi connectivity index (χ0n) is 9.24. The number of hydrogen-bond acceptors (Lipinski definition) is 2. The van der Waals surface area contributed by atoms with E-state index in [9.17, 15) is 4.39 Å². The van der Waals surface area contributed by atoms with Gasteiger partial charge in [0.1, 0.15) is 11.6 Å². The van der Waals surface area contributed by atoms with E-state index in [2.05, 4.69) is 15.0 Å². The van der Waals surface area contributed by atoms with Crippen LogP contribution in [0, 0.1) is 12.7 Å². The van der Waals surface area contributed by atoms with Crippen molar-refractivity contribution in [2.45, 2.75) is 6.92 Å². The standard InChI is InChI=1S/C13H10FN3/c1-8-2-3-10(14)9(6-8)13-16-11-4-5-15-7-12(11)17-13/h2-7H,1H3,(H,16,17). The fourth-order valence-electron chi connectivity index (χ4n) is 1.81. The van der Waals surface area contributed by atoms with Gasteiger partial charge in [-0.15, -0.1) is 0 Å². The Morgan fingerprint density at radius 1 is 1.24 bits per heavy atom. The van der Waals surface area contributed by atoms with Gasteiger partial charge >= 0.3 is 0 Å². The molecule has 0 aliphatic heterocycles. The van der Waals surface area contributed by atoms with Crippen molar-refractivity contribution in [2.75, 3.05) is 0 Å².